The third kappa shape index (κ3) is 66.5. The largest absolute Gasteiger partial charge is 0.472 e. The number of aliphatic hydroxyl groups is 1. The highest BCUT2D eigenvalue weighted by atomic mass is 31.2. The van der Waals surface area contributed by atoms with Crippen LogP contribution in [0.3, 0.4) is 0 Å². The van der Waals surface area contributed by atoms with E-state index in [1.165, 1.54) is 161 Å². The van der Waals surface area contributed by atoms with Crippen molar-refractivity contribution < 1.29 is 80.2 Å². The van der Waals surface area contributed by atoms with Crippen LogP contribution in [0.25, 0.3) is 0 Å². The molecule has 0 rings (SSSR count). The fourth-order valence-corrected chi connectivity index (χ4v) is 12.4. The first kappa shape index (κ1) is 89.1. The summed E-state index contributed by atoms with van der Waals surface area (Å²) >= 11 is 0. The van der Waals surface area contributed by atoms with Crippen molar-refractivity contribution >= 4 is 39.5 Å². The van der Waals surface area contributed by atoms with Gasteiger partial charge < -0.3 is 33.8 Å². The van der Waals surface area contributed by atoms with Crippen LogP contribution in [-0.4, -0.2) is 96.7 Å². The van der Waals surface area contributed by atoms with Crippen molar-refractivity contribution in [2.45, 2.75) is 375 Å². The van der Waals surface area contributed by atoms with Crippen LogP contribution in [0.5, 0.6) is 0 Å². The van der Waals surface area contributed by atoms with Gasteiger partial charge in [-0.05, 0) is 49.4 Å². The van der Waals surface area contributed by atoms with Gasteiger partial charge in [0.05, 0.1) is 26.4 Å². The van der Waals surface area contributed by atoms with E-state index >= 15 is 0 Å². The number of hydrogen-bond acceptors (Lipinski definition) is 15. The molecule has 0 bridgehead atoms. The highest BCUT2D eigenvalue weighted by Crippen LogP contribution is 2.45. The normalized spacial score (nSPS) is 14.2. The van der Waals surface area contributed by atoms with E-state index < -0.39 is 97.5 Å². The van der Waals surface area contributed by atoms with Gasteiger partial charge >= 0.3 is 39.5 Å². The third-order valence-electron chi connectivity index (χ3n) is 16.6. The molecule has 0 aliphatic heterocycles. The quantitative estimate of drug-likeness (QED) is 0.0222. The van der Waals surface area contributed by atoms with Crippen LogP contribution in [-0.2, 0) is 65.4 Å². The Bertz CT molecular complexity index is 1800. The summed E-state index contributed by atoms with van der Waals surface area (Å²) in [6, 6.07) is 0. The molecule has 5 atom stereocenters. The number of carbonyl (C=O) groups is 4. The van der Waals surface area contributed by atoms with Crippen LogP contribution in [0, 0.1) is 23.7 Å². The summed E-state index contributed by atoms with van der Waals surface area (Å²) in [5.74, 6) is 0.871. The summed E-state index contributed by atoms with van der Waals surface area (Å²) in [6.45, 7) is 14.1. The third-order valence-corrected chi connectivity index (χ3v) is 18.5. The maximum absolute atomic E-state index is 13.0. The number of esters is 4. The molecule has 0 saturated heterocycles. The van der Waals surface area contributed by atoms with Gasteiger partial charge in [0, 0.05) is 25.7 Å². The summed E-state index contributed by atoms with van der Waals surface area (Å²) in [6.07, 6.45) is 44.4. The van der Waals surface area contributed by atoms with Crippen molar-refractivity contribution in [2.75, 3.05) is 39.6 Å². The Hall–Kier alpha value is -1.94. The first-order valence-electron chi connectivity index (χ1n) is 37.2. The van der Waals surface area contributed by atoms with Crippen molar-refractivity contribution in [3.63, 3.8) is 0 Å². The van der Waals surface area contributed by atoms with Gasteiger partial charge in [-0.3, -0.25) is 37.3 Å². The lowest BCUT2D eigenvalue weighted by molar-refractivity contribution is -0.161. The van der Waals surface area contributed by atoms with Gasteiger partial charge in [-0.25, -0.2) is 9.13 Å². The van der Waals surface area contributed by atoms with E-state index in [1.807, 2.05) is 0 Å². The second-order valence-corrected chi connectivity index (χ2v) is 30.8. The molecule has 0 aromatic heterocycles. The number of ether oxygens (including phenoxy) is 4. The minimum Gasteiger partial charge on any atom is -0.462 e. The van der Waals surface area contributed by atoms with Gasteiger partial charge in [-0.15, -0.1) is 0 Å². The van der Waals surface area contributed by atoms with Gasteiger partial charge in [0.15, 0.2) is 12.2 Å². The zero-order valence-corrected chi connectivity index (χ0v) is 61.3. The summed E-state index contributed by atoms with van der Waals surface area (Å²) in [7, 11) is -9.91. The highest BCUT2D eigenvalue weighted by Gasteiger charge is 2.30. The summed E-state index contributed by atoms with van der Waals surface area (Å²) in [5.41, 5.74) is 0. The second kappa shape index (κ2) is 61.6. The molecule has 3 N–H and O–H groups in total. The smallest absolute Gasteiger partial charge is 0.462 e. The lowest BCUT2D eigenvalue weighted by Gasteiger charge is -2.21. The Kier molecular flexibility index (Phi) is 60.3. The van der Waals surface area contributed by atoms with Gasteiger partial charge in [-0.1, -0.05) is 306 Å². The molecule has 3 unspecified atom stereocenters. The standard InChI is InChI=1S/C72H140O17P2/c1-62(2)48-40-32-24-16-11-9-10-12-20-30-38-46-54-71(76)88-67(58-82-69(74)52-44-36-28-19-14-13-17-25-33-41-49-63(3)4)60-86-90(78,79)84-56-66(73)57-85-91(80,81)87-61-68(59-83-70(75)53-45-37-29-23-22-27-35-43-51-65(7)8)89-72(77)55-47-39-31-21-15-18-26-34-42-50-64(5)6/h62-68,73H,9-61H2,1-8H3,(H,78,79)(H,80,81)/t66?,67-,68-/m1/s1. The maximum Gasteiger partial charge on any atom is 0.472 e. The minimum atomic E-state index is -4.95. The van der Waals surface area contributed by atoms with Crippen molar-refractivity contribution in [2.24, 2.45) is 23.7 Å². The van der Waals surface area contributed by atoms with Crippen LogP contribution < -0.4 is 0 Å². The van der Waals surface area contributed by atoms with E-state index in [4.69, 9.17) is 37.0 Å². The van der Waals surface area contributed by atoms with Crippen molar-refractivity contribution in [1.82, 2.24) is 0 Å². The van der Waals surface area contributed by atoms with E-state index in [0.717, 1.165) is 114 Å². The highest BCUT2D eigenvalue weighted by molar-refractivity contribution is 7.47. The van der Waals surface area contributed by atoms with Crippen LogP contribution >= 0.6 is 15.6 Å². The number of unbranched alkanes of at least 4 members (excludes halogenated alkanes) is 35. The summed E-state index contributed by atoms with van der Waals surface area (Å²) < 4.78 is 68.4. The predicted molar refractivity (Wildman–Crippen MR) is 367 cm³/mol. The van der Waals surface area contributed by atoms with Gasteiger partial charge in [0.2, 0.25) is 0 Å². The molecule has 17 nitrogen and oxygen atoms in total. The molecule has 0 spiro atoms. The van der Waals surface area contributed by atoms with Gasteiger partial charge in [0.25, 0.3) is 0 Å². The predicted octanol–water partition coefficient (Wildman–Crippen LogP) is 20.5. The molecule has 0 aliphatic rings. The number of hydrogen-bond donors (Lipinski definition) is 3. The lowest BCUT2D eigenvalue weighted by atomic mass is 10.0. The van der Waals surface area contributed by atoms with Gasteiger partial charge in [-0.2, -0.15) is 0 Å². The fourth-order valence-electron chi connectivity index (χ4n) is 10.8. The summed E-state index contributed by atoms with van der Waals surface area (Å²) in [5, 5.41) is 10.6. The molecule has 540 valence electrons. The maximum atomic E-state index is 13.0. The summed E-state index contributed by atoms with van der Waals surface area (Å²) in [4.78, 5) is 72.6. The number of phosphoric ester groups is 2. The zero-order valence-electron chi connectivity index (χ0n) is 59.5. The Balaban J connectivity index is 5.27. The van der Waals surface area contributed by atoms with E-state index in [1.54, 1.807) is 0 Å². The van der Waals surface area contributed by atoms with E-state index in [0.29, 0.717) is 25.7 Å². The van der Waals surface area contributed by atoms with Crippen LogP contribution in [0.1, 0.15) is 357 Å². The first-order chi connectivity index (χ1) is 43.6. The Morgan fingerprint density at radius 3 is 0.681 bits per heavy atom. The monoisotopic (exact) mass is 1340 g/mol. The SMILES string of the molecule is CC(C)CCCCCCCCCCCCCCC(=O)O[C@H](COC(=O)CCCCCCCCCCCCC(C)C)COP(=O)(O)OCC(O)COP(=O)(O)OC[C@@H](COC(=O)CCCCCCCCCCC(C)C)OC(=O)CCCCCCCCCCCC(C)C. The van der Waals surface area contributed by atoms with Crippen LogP contribution in [0.2, 0.25) is 0 Å². The molecule has 0 heterocycles. The van der Waals surface area contributed by atoms with Crippen molar-refractivity contribution in [1.29, 1.82) is 0 Å². The Morgan fingerprint density at radius 1 is 0.275 bits per heavy atom. The van der Waals surface area contributed by atoms with E-state index in [9.17, 15) is 43.2 Å². The molecule has 0 aromatic carbocycles. The molecule has 0 amide bonds. The average Bonchev–Trinajstić information content (AvgIpc) is 3.71. The topological polar surface area (TPSA) is 237 Å². The first-order valence-corrected chi connectivity index (χ1v) is 40.2. The molecule has 0 radical (unpaired) electrons. The molecule has 0 saturated carbocycles. The molecular formula is C72H140O17P2. The zero-order chi connectivity index (χ0) is 67.5. The van der Waals surface area contributed by atoms with Gasteiger partial charge in [0.1, 0.15) is 19.3 Å². The molecular weight excluding hydrogens is 1200 g/mol. The fraction of sp³-hybridized carbons (Fsp3) is 0.944. The van der Waals surface area contributed by atoms with Crippen molar-refractivity contribution in [3.05, 3.63) is 0 Å². The number of aliphatic hydroxyl groups excluding tert-OH is 1. The molecule has 19 heteroatoms. The van der Waals surface area contributed by atoms with Crippen molar-refractivity contribution in [3.8, 4) is 0 Å². The second-order valence-electron chi connectivity index (χ2n) is 27.9. The number of rotatable bonds is 69. The van der Waals surface area contributed by atoms with E-state index in [2.05, 4.69) is 55.4 Å². The molecule has 0 aliphatic carbocycles. The molecule has 0 aromatic rings. The average molecular weight is 1340 g/mol. The Morgan fingerprint density at radius 2 is 0.462 bits per heavy atom. The van der Waals surface area contributed by atoms with E-state index in [-0.39, 0.29) is 25.7 Å². The minimum absolute atomic E-state index is 0.104. The van der Waals surface area contributed by atoms with Crippen LogP contribution in [0.15, 0.2) is 0 Å². The molecule has 91 heavy (non-hydrogen) atoms. The number of carbonyl (C=O) groups excluding carboxylic acids is 4. The Labute approximate surface area is 556 Å². The number of phosphoric acid groups is 2. The lowest BCUT2D eigenvalue weighted by Crippen LogP contribution is -2.30. The van der Waals surface area contributed by atoms with Crippen LogP contribution in [0.4, 0.5) is 0 Å². The molecule has 0 fully saturated rings.